The topological polar surface area (TPSA) is 81.2 Å². The van der Waals surface area contributed by atoms with E-state index < -0.39 is 0 Å². The second-order valence-corrected chi connectivity index (χ2v) is 4.35. The highest BCUT2D eigenvalue weighted by Gasteiger charge is 2.10. The third-order valence-corrected chi connectivity index (χ3v) is 2.76. The predicted octanol–water partition coefficient (Wildman–Crippen LogP) is 2.72. The van der Waals surface area contributed by atoms with Crippen molar-refractivity contribution in [2.24, 2.45) is 0 Å². The van der Waals surface area contributed by atoms with E-state index in [0.29, 0.717) is 35.0 Å². The minimum atomic E-state index is 0.236. The number of nitrogens with zero attached hydrogens (tertiary/aromatic N) is 3. The van der Waals surface area contributed by atoms with Gasteiger partial charge in [-0.05, 0) is 25.1 Å². The normalized spacial score (nSPS) is 10.1. The van der Waals surface area contributed by atoms with Crippen molar-refractivity contribution in [3.63, 3.8) is 0 Å². The van der Waals surface area contributed by atoms with E-state index in [-0.39, 0.29) is 6.01 Å². The Labute approximate surface area is 127 Å². The van der Waals surface area contributed by atoms with Crippen molar-refractivity contribution < 1.29 is 9.47 Å². The van der Waals surface area contributed by atoms with Crippen LogP contribution in [0.5, 0.6) is 11.8 Å². The highest BCUT2D eigenvalue weighted by atomic mass is 35.5. The van der Waals surface area contributed by atoms with Crippen LogP contribution in [0.2, 0.25) is 5.02 Å². The lowest BCUT2D eigenvalue weighted by molar-refractivity contribution is 0.312. The molecule has 2 aromatic rings. The molecular formula is C13H16ClN5O2. The second kappa shape index (κ2) is 6.94. The summed E-state index contributed by atoms with van der Waals surface area (Å²) in [6.07, 6.45) is 0. The maximum absolute atomic E-state index is 5.99. The van der Waals surface area contributed by atoms with Crippen LogP contribution in [0.4, 0.5) is 17.6 Å². The predicted molar refractivity (Wildman–Crippen MR) is 81.8 cm³/mol. The molecule has 0 bridgehead atoms. The monoisotopic (exact) mass is 309 g/mol. The Balaban J connectivity index is 2.34. The average molecular weight is 310 g/mol. The molecule has 1 aromatic carbocycles. The highest BCUT2D eigenvalue weighted by molar-refractivity contribution is 6.30. The van der Waals surface area contributed by atoms with E-state index in [1.54, 1.807) is 32.4 Å². The molecule has 0 aliphatic heterocycles. The fraction of sp³-hybridized carbons (Fsp3) is 0.308. The Kier molecular flexibility index (Phi) is 4.99. The first-order valence-corrected chi connectivity index (χ1v) is 6.71. The summed E-state index contributed by atoms with van der Waals surface area (Å²) in [7, 11) is 3.29. The van der Waals surface area contributed by atoms with E-state index in [1.807, 2.05) is 6.92 Å². The molecule has 0 fully saturated rings. The number of rotatable bonds is 6. The zero-order chi connectivity index (χ0) is 15.2. The summed E-state index contributed by atoms with van der Waals surface area (Å²) in [6.45, 7) is 2.32. The maximum atomic E-state index is 5.99. The van der Waals surface area contributed by atoms with Gasteiger partial charge in [0.25, 0.3) is 0 Å². The molecule has 2 rings (SSSR count). The molecule has 0 amide bonds. The maximum Gasteiger partial charge on any atom is 0.323 e. The van der Waals surface area contributed by atoms with Crippen LogP contribution in [0.15, 0.2) is 18.2 Å². The molecule has 0 radical (unpaired) electrons. The Bertz CT molecular complexity index is 624. The van der Waals surface area contributed by atoms with Crippen LogP contribution in [0, 0.1) is 0 Å². The van der Waals surface area contributed by atoms with E-state index >= 15 is 0 Å². The first-order valence-electron chi connectivity index (χ1n) is 6.33. The third kappa shape index (κ3) is 3.85. The number of hydrogen-bond acceptors (Lipinski definition) is 7. The Hall–Kier alpha value is -2.28. The van der Waals surface area contributed by atoms with Gasteiger partial charge in [0, 0.05) is 12.1 Å². The van der Waals surface area contributed by atoms with Crippen molar-refractivity contribution in [3.8, 4) is 11.8 Å². The molecule has 1 aromatic heterocycles. The number of aromatic nitrogens is 3. The van der Waals surface area contributed by atoms with E-state index in [2.05, 4.69) is 25.6 Å². The standard InChI is InChI=1S/C13H16ClN5O2/c1-4-21-13-18-11(15-2)17-12(19-13)16-9-7-8(14)5-6-10(9)20-3/h5-7H,4H2,1-3H3,(H2,15,16,17,18,19). The summed E-state index contributed by atoms with van der Waals surface area (Å²) in [6, 6.07) is 5.46. The van der Waals surface area contributed by atoms with Gasteiger partial charge in [0.05, 0.1) is 19.4 Å². The number of halogens is 1. The van der Waals surface area contributed by atoms with Gasteiger partial charge >= 0.3 is 6.01 Å². The van der Waals surface area contributed by atoms with Crippen LogP contribution < -0.4 is 20.1 Å². The zero-order valence-corrected chi connectivity index (χ0v) is 12.7. The molecule has 0 unspecified atom stereocenters. The van der Waals surface area contributed by atoms with Gasteiger partial charge in [-0.15, -0.1) is 0 Å². The lowest BCUT2D eigenvalue weighted by Crippen LogP contribution is -2.07. The molecule has 2 N–H and O–H groups in total. The minimum Gasteiger partial charge on any atom is -0.495 e. The number of benzene rings is 1. The quantitative estimate of drug-likeness (QED) is 0.849. The van der Waals surface area contributed by atoms with Gasteiger partial charge in [-0.1, -0.05) is 11.6 Å². The molecule has 0 atom stereocenters. The average Bonchev–Trinajstić information content (AvgIpc) is 2.47. The first-order chi connectivity index (χ1) is 10.2. The van der Waals surface area contributed by atoms with Crippen molar-refractivity contribution in [1.29, 1.82) is 0 Å². The van der Waals surface area contributed by atoms with Gasteiger partial charge in [-0.25, -0.2) is 0 Å². The van der Waals surface area contributed by atoms with Crippen molar-refractivity contribution in [2.45, 2.75) is 6.92 Å². The molecule has 0 saturated heterocycles. The molecule has 7 nitrogen and oxygen atoms in total. The Morgan fingerprint density at radius 2 is 1.95 bits per heavy atom. The summed E-state index contributed by atoms with van der Waals surface area (Å²) in [5.74, 6) is 1.36. The van der Waals surface area contributed by atoms with Crippen molar-refractivity contribution in [1.82, 2.24) is 15.0 Å². The van der Waals surface area contributed by atoms with E-state index in [1.165, 1.54) is 0 Å². The lowest BCUT2D eigenvalue weighted by atomic mass is 10.3. The zero-order valence-electron chi connectivity index (χ0n) is 12.0. The SMILES string of the molecule is CCOc1nc(NC)nc(Nc2cc(Cl)ccc2OC)n1. The van der Waals surface area contributed by atoms with Gasteiger partial charge in [-0.2, -0.15) is 15.0 Å². The molecule has 0 spiro atoms. The Morgan fingerprint density at radius 1 is 1.19 bits per heavy atom. The molecule has 8 heteroatoms. The molecule has 0 saturated carbocycles. The van der Waals surface area contributed by atoms with Gasteiger partial charge in [-0.3, -0.25) is 0 Å². The van der Waals surface area contributed by atoms with Crippen molar-refractivity contribution in [3.05, 3.63) is 23.2 Å². The molecule has 0 aliphatic carbocycles. The van der Waals surface area contributed by atoms with Gasteiger partial charge < -0.3 is 20.1 Å². The number of methoxy groups -OCH3 is 1. The lowest BCUT2D eigenvalue weighted by Gasteiger charge is -2.11. The number of ether oxygens (including phenoxy) is 2. The number of hydrogen-bond donors (Lipinski definition) is 2. The van der Waals surface area contributed by atoms with Crippen LogP contribution in [-0.2, 0) is 0 Å². The van der Waals surface area contributed by atoms with E-state index in [0.717, 1.165) is 0 Å². The van der Waals surface area contributed by atoms with Gasteiger partial charge in [0.2, 0.25) is 11.9 Å². The molecule has 1 heterocycles. The summed E-state index contributed by atoms with van der Waals surface area (Å²) in [5, 5.41) is 6.47. The van der Waals surface area contributed by atoms with Gasteiger partial charge in [0.15, 0.2) is 0 Å². The summed E-state index contributed by atoms with van der Waals surface area (Å²) in [4.78, 5) is 12.5. The number of nitrogens with one attached hydrogen (secondary N) is 2. The van der Waals surface area contributed by atoms with Crippen LogP contribution in [0.3, 0.4) is 0 Å². The minimum absolute atomic E-state index is 0.236. The fourth-order valence-corrected chi connectivity index (χ4v) is 1.79. The smallest absolute Gasteiger partial charge is 0.323 e. The first kappa shape index (κ1) is 15.1. The highest BCUT2D eigenvalue weighted by Crippen LogP contribution is 2.29. The van der Waals surface area contributed by atoms with E-state index in [4.69, 9.17) is 21.1 Å². The summed E-state index contributed by atoms with van der Waals surface area (Å²) >= 11 is 5.99. The summed E-state index contributed by atoms with van der Waals surface area (Å²) < 4.78 is 10.6. The van der Waals surface area contributed by atoms with Crippen LogP contribution in [-0.4, -0.2) is 35.7 Å². The Morgan fingerprint density at radius 3 is 2.62 bits per heavy atom. The van der Waals surface area contributed by atoms with Crippen molar-refractivity contribution in [2.75, 3.05) is 31.4 Å². The van der Waals surface area contributed by atoms with Crippen LogP contribution in [0.25, 0.3) is 0 Å². The third-order valence-electron chi connectivity index (χ3n) is 2.52. The van der Waals surface area contributed by atoms with E-state index in [9.17, 15) is 0 Å². The molecule has 21 heavy (non-hydrogen) atoms. The van der Waals surface area contributed by atoms with Crippen LogP contribution in [0.1, 0.15) is 6.92 Å². The van der Waals surface area contributed by atoms with Crippen LogP contribution >= 0.6 is 11.6 Å². The van der Waals surface area contributed by atoms with Gasteiger partial charge in [0.1, 0.15) is 5.75 Å². The molecule has 0 aliphatic rings. The molecular weight excluding hydrogens is 294 g/mol. The second-order valence-electron chi connectivity index (χ2n) is 3.92. The summed E-state index contributed by atoms with van der Waals surface area (Å²) in [5.41, 5.74) is 0.653. The fourth-order valence-electron chi connectivity index (χ4n) is 1.62. The molecule has 112 valence electrons. The largest absolute Gasteiger partial charge is 0.495 e. The number of anilines is 3. The van der Waals surface area contributed by atoms with Crippen molar-refractivity contribution >= 4 is 29.2 Å².